The number of carbonyl (C=O) groups excluding carboxylic acids is 6. The van der Waals surface area contributed by atoms with Crippen molar-refractivity contribution >= 4 is 82.6 Å². The van der Waals surface area contributed by atoms with Gasteiger partial charge >= 0.3 is 23.9 Å². The SMILES string of the molecule is CC(=O)N1/C(=C2\C(=O)c3ccc(/C=C/C(=O)N[C@@H](CCC(=O)O)C(=O)O)cc3N2C(C)=O)C(=O)c2ccc(/C=C/C(=O)N[C@@H](CCC(=O)O)C(=O)O)cc21. The zero-order chi connectivity index (χ0) is 40.0. The van der Waals surface area contributed by atoms with Crippen molar-refractivity contribution in [1.29, 1.82) is 0 Å². The zero-order valence-corrected chi connectivity index (χ0v) is 28.5. The molecule has 0 radical (unpaired) electrons. The summed E-state index contributed by atoms with van der Waals surface area (Å²) >= 11 is 0. The van der Waals surface area contributed by atoms with Crippen LogP contribution in [0.5, 0.6) is 0 Å². The number of carboxylic acids is 4. The first-order chi connectivity index (χ1) is 25.4. The second-order valence-corrected chi connectivity index (χ2v) is 11.9. The van der Waals surface area contributed by atoms with Crippen molar-refractivity contribution < 1.29 is 68.4 Å². The van der Waals surface area contributed by atoms with Crippen LogP contribution in [0.3, 0.4) is 0 Å². The number of amides is 4. The molecule has 0 aromatic heterocycles. The lowest BCUT2D eigenvalue weighted by Gasteiger charge is -2.22. The topological polar surface area (TPSA) is 282 Å². The summed E-state index contributed by atoms with van der Waals surface area (Å²) in [4.78, 5) is 125. The molecule has 4 rings (SSSR count). The predicted octanol–water partition coefficient (Wildman–Crippen LogP) is 1.59. The van der Waals surface area contributed by atoms with Gasteiger partial charge in [0.25, 0.3) is 0 Å². The highest BCUT2D eigenvalue weighted by Gasteiger charge is 2.45. The first kappa shape index (κ1) is 39.5. The van der Waals surface area contributed by atoms with Crippen LogP contribution in [0.1, 0.15) is 71.4 Å². The van der Waals surface area contributed by atoms with E-state index in [0.29, 0.717) is 0 Å². The van der Waals surface area contributed by atoms with Gasteiger partial charge in [-0.05, 0) is 60.4 Å². The minimum absolute atomic E-state index is 0.0150. The molecule has 0 saturated carbocycles. The van der Waals surface area contributed by atoms with Crippen LogP contribution in [0.2, 0.25) is 0 Å². The van der Waals surface area contributed by atoms with Gasteiger partial charge in [-0.25, -0.2) is 9.59 Å². The van der Waals surface area contributed by atoms with Gasteiger partial charge in [-0.1, -0.05) is 12.1 Å². The lowest BCUT2D eigenvalue weighted by molar-refractivity contribution is -0.143. The summed E-state index contributed by atoms with van der Waals surface area (Å²) in [5, 5.41) is 40.6. The van der Waals surface area contributed by atoms with Gasteiger partial charge in [0.1, 0.15) is 23.5 Å². The Labute approximate surface area is 305 Å². The number of carbonyl (C=O) groups is 10. The number of anilines is 2. The van der Waals surface area contributed by atoms with E-state index in [2.05, 4.69) is 10.6 Å². The number of Topliss-reactive ketones (excluding diaryl/α,β-unsaturated/α-hetero) is 2. The molecular weight excluding hydrogens is 712 g/mol. The quantitative estimate of drug-likeness (QED) is 0.150. The molecule has 2 aliphatic heterocycles. The number of benzene rings is 2. The predicted molar refractivity (Wildman–Crippen MR) is 186 cm³/mol. The Bertz CT molecular complexity index is 1970. The van der Waals surface area contributed by atoms with Crippen molar-refractivity contribution in [1.82, 2.24) is 10.6 Å². The molecule has 0 saturated heterocycles. The maximum absolute atomic E-state index is 13.8. The molecule has 0 unspecified atom stereocenters. The second-order valence-electron chi connectivity index (χ2n) is 11.9. The number of ketones is 2. The minimum Gasteiger partial charge on any atom is -0.481 e. The van der Waals surface area contributed by atoms with Gasteiger partial charge in [0.2, 0.25) is 35.2 Å². The molecule has 2 aromatic rings. The van der Waals surface area contributed by atoms with Crippen LogP contribution in [-0.2, 0) is 38.4 Å². The van der Waals surface area contributed by atoms with E-state index in [-0.39, 0.29) is 46.5 Å². The van der Waals surface area contributed by atoms with Crippen LogP contribution >= 0.6 is 0 Å². The highest BCUT2D eigenvalue weighted by atomic mass is 16.4. The molecule has 0 bridgehead atoms. The van der Waals surface area contributed by atoms with Crippen LogP contribution in [0.4, 0.5) is 11.4 Å². The van der Waals surface area contributed by atoms with Gasteiger partial charge in [0.05, 0.1) is 11.4 Å². The average molecular weight is 745 g/mol. The number of hydrogen-bond donors (Lipinski definition) is 6. The molecule has 2 aliphatic rings. The van der Waals surface area contributed by atoms with Crippen LogP contribution < -0.4 is 20.4 Å². The number of fused-ring (bicyclic) bond motifs is 2. The Balaban J connectivity index is 1.65. The summed E-state index contributed by atoms with van der Waals surface area (Å²) in [7, 11) is 0. The smallest absolute Gasteiger partial charge is 0.326 e. The third-order valence-electron chi connectivity index (χ3n) is 8.12. The summed E-state index contributed by atoms with van der Waals surface area (Å²) in [6, 6.07) is 5.27. The van der Waals surface area contributed by atoms with Crippen LogP contribution in [-0.4, -0.2) is 91.6 Å². The van der Waals surface area contributed by atoms with E-state index in [0.717, 1.165) is 35.8 Å². The van der Waals surface area contributed by atoms with E-state index in [9.17, 15) is 58.2 Å². The van der Waals surface area contributed by atoms with Gasteiger partial charge in [0.15, 0.2) is 0 Å². The fraction of sp³-hybridized carbons (Fsp3) is 0.222. The molecule has 18 nitrogen and oxygen atoms in total. The molecule has 0 aliphatic carbocycles. The number of allylic oxidation sites excluding steroid dienone is 2. The van der Waals surface area contributed by atoms with Crippen molar-refractivity contribution in [3.05, 3.63) is 82.2 Å². The molecule has 4 amide bonds. The Morgan fingerprint density at radius 1 is 0.611 bits per heavy atom. The van der Waals surface area contributed by atoms with Crippen molar-refractivity contribution in [2.24, 2.45) is 0 Å². The number of nitrogens with zero attached hydrogens (tertiary/aromatic N) is 2. The average Bonchev–Trinajstić information content (AvgIpc) is 3.55. The van der Waals surface area contributed by atoms with Crippen LogP contribution in [0, 0.1) is 0 Å². The number of hydrogen-bond acceptors (Lipinski definition) is 10. The normalized spacial score (nSPS) is 15.9. The molecule has 0 fully saturated rings. The fourth-order valence-electron chi connectivity index (χ4n) is 5.67. The molecule has 2 heterocycles. The van der Waals surface area contributed by atoms with E-state index in [4.69, 9.17) is 10.2 Å². The Hall–Kier alpha value is -7.24. The largest absolute Gasteiger partial charge is 0.481 e. The zero-order valence-electron chi connectivity index (χ0n) is 28.5. The van der Waals surface area contributed by atoms with Crippen molar-refractivity contribution in [3.8, 4) is 0 Å². The molecule has 280 valence electrons. The molecule has 2 aromatic carbocycles. The number of nitrogens with one attached hydrogen (secondary N) is 2. The molecule has 0 spiro atoms. The third-order valence-corrected chi connectivity index (χ3v) is 8.12. The van der Waals surface area contributed by atoms with Gasteiger partial charge in [0, 0.05) is 50.0 Å². The first-order valence-electron chi connectivity index (χ1n) is 16.0. The van der Waals surface area contributed by atoms with E-state index < -0.39 is 95.4 Å². The molecular formula is C36H32N4O14. The van der Waals surface area contributed by atoms with E-state index in [1.54, 1.807) is 0 Å². The monoisotopic (exact) mass is 744 g/mol. The van der Waals surface area contributed by atoms with Crippen LogP contribution in [0.25, 0.3) is 12.2 Å². The molecule has 18 heteroatoms. The maximum Gasteiger partial charge on any atom is 0.326 e. The van der Waals surface area contributed by atoms with Gasteiger partial charge in [-0.15, -0.1) is 0 Å². The number of carboxylic acid groups (broad SMARTS) is 4. The fourth-order valence-corrected chi connectivity index (χ4v) is 5.67. The van der Waals surface area contributed by atoms with Crippen LogP contribution in [0.15, 0.2) is 59.9 Å². The molecule has 54 heavy (non-hydrogen) atoms. The van der Waals surface area contributed by atoms with Crippen molar-refractivity contribution in [2.45, 2.75) is 51.6 Å². The number of rotatable bonds is 14. The third kappa shape index (κ3) is 8.79. The summed E-state index contributed by atoms with van der Waals surface area (Å²) in [6.45, 7) is 2.24. The van der Waals surface area contributed by atoms with E-state index in [1.165, 1.54) is 48.6 Å². The summed E-state index contributed by atoms with van der Waals surface area (Å²) < 4.78 is 0. The van der Waals surface area contributed by atoms with Gasteiger partial charge < -0.3 is 31.1 Å². The lowest BCUT2D eigenvalue weighted by atomic mass is 10.0. The van der Waals surface area contributed by atoms with Gasteiger partial charge in [-0.2, -0.15) is 0 Å². The molecule has 2 atom stereocenters. The Morgan fingerprint density at radius 2 is 0.963 bits per heavy atom. The lowest BCUT2D eigenvalue weighted by Crippen LogP contribution is -2.40. The van der Waals surface area contributed by atoms with E-state index in [1.807, 2.05) is 0 Å². The number of aliphatic carboxylic acids is 4. The van der Waals surface area contributed by atoms with Gasteiger partial charge in [-0.3, -0.25) is 48.2 Å². The standard InChI is InChI=1S/C36H32N4O14/c1-17(41)39-25-15-19(5-11-27(43)37-23(35(51)52)9-13-29(45)46)3-7-21(25)33(49)31(39)32-34(50)22-8-4-20(16-26(22)40(32)18(2)42)6-12-28(44)38-24(36(53)54)10-14-30(47)48/h3-8,11-12,15-16,23-24H,9-10,13-14H2,1-2H3,(H,37,43)(H,38,44)(H,45,46)(H,47,48)(H,51,52)(H,53,54)/b11-5+,12-6+,32-31+/t23-,24-/m0/s1. The maximum atomic E-state index is 13.8. The van der Waals surface area contributed by atoms with Crippen molar-refractivity contribution in [3.63, 3.8) is 0 Å². The van der Waals surface area contributed by atoms with E-state index >= 15 is 0 Å². The summed E-state index contributed by atoms with van der Waals surface area (Å²) in [5.41, 5.74) is -0.292. The highest BCUT2D eigenvalue weighted by Crippen LogP contribution is 2.43. The Morgan fingerprint density at radius 3 is 1.26 bits per heavy atom. The Kier molecular flexibility index (Phi) is 12.0. The molecule has 6 N–H and O–H groups in total. The summed E-state index contributed by atoms with van der Waals surface area (Å²) in [5.74, 6) is -10.1. The van der Waals surface area contributed by atoms with Crippen molar-refractivity contribution in [2.75, 3.05) is 9.80 Å². The second kappa shape index (κ2) is 16.4. The summed E-state index contributed by atoms with van der Waals surface area (Å²) in [6.07, 6.45) is 2.73. The minimum atomic E-state index is -1.48. The first-order valence-corrected chi connectivity index (χ1v) is 16.0. The highest BCUT2D eigenvalue weighted by molar-refractivity contribution is 6.33.